The molecule has 0 amide bonds. The van der Waals surface area contributed by atoms with Gasteiger partial charge in [0.25, 0.3) is 0 Å². The average Bonchev–Trinajstić information content (AvgIpc) is 3.08. The molecule has 2 aliphatic rings. The number of guanidine groups is 1. The van der Waals surface area contributed by atoms with Crippen LogP contribution in [0.4, 0.5) is 5.69 Å². The van der Waals surface area contributed by atoms with E-state index >= 15 is 0 Å². The van der Waals surface area contributed by atoms with Crippen molar-refractivity contribution in [3.05, 3.63) is 30.3 Å². The van der Waals surface area contributed by atoms with Crippen LogP contribution in [0.25, 0.3) is 0 Å². The van der Waals surface area contributed by atoms with Crippen LogP contribution in [0.5, 0.6) is 0 Å². The minimum Gasteiger partial charge on any atom is -0.370 e. The average molecular weight is 275 g/mol. The molecule has 2 fully saturated rings. The molecule has 1 heterocycles. The van der Waals surface area contributed by atoms with Crippen LogP contribution in [0.15, 0.2) is 35.3 Å². The number of nitrogens with zero attached hydrogens (tertiary/aromatic N) is 1. The number of hydrogen-bond donors (Lipinski definition) is 2. The molecule has 5 heteroatoms. The van der Waals surface area contributed by atoms with E-state index in [9.17, 15) is 0 Å². The van der Waals surface area contributed by atoms with E-state index in [1.165, 1.54) is 12.8 Å². The van der Waals surface area contributed by atoms with Crippen LogP contribution in [0, 0.1) is 0 Å². The fraction of sp³-hybridized carbons (Fsp3) is 0.533. The van der Waals surface area contributed by atoms with Crippen molar-refractivity contribution in [3.8, 4) is 0 Å². The molecule has 1 atom stereocenters. The van der Waals surface area contributed by atoms with Crippen molar-refractivity contribution in [2.75, 3.05) is 18.5 Å². The smallest absolute Gasteiger partial charge is 0.193 e. The summed E-state index contributed by atoms with van der Waals surface area (Å²) in [5, 5.41) is 3.06. The van der Waals surface area contributed by atoms with Gasteiger partial charge < -0.3 is 20.5 Å². The first-order chi connectivity index (χ1) is 9.76. The molecule has 5 nitrogen and oxygen atoms in total. The molecule has 20 heavy (non-hydrogen) atoms. The normalized spacial score (nSPS) is 25.2. The van der Waals surface area contributed by atoms with Crippen molar-refractivity contribution in [2.24, 2.45) is 10.7 Å². The summed E-state index contributed by atoms with van der Waals surface area (Å²) in [7, 11) is 0. The summed E-state index contributed by atoms with van der Waals surface area (Å²) in [6.07, 6.45) is 4.40. The lowest BCUT2D eigenvalue weighted by atomic mass is 10.2. The van der Waals surface area contributed by atoms with E-state index in [1.807, 2.05) is 30.3 Å². The zero-order valence-corrected chi connectivity index (χ0v) is 11.5. The SMILES string of the molecule is NC(=NCC1COC2(CCCC2)O1)Nc1ccccc1. The summed E-state index contributed by atoms with van der Waals surface area (Å²) in [6.45, 7) is 1.15. The van der Waals surface area contributed by atoms with E-state index in [0.717, 1.165) is 18.5 Å². The van der Waals surface area contributed by atoms with Crippen molar-refractivity contribution < 1.29 is 9.47 Å². The maximum atomic E-state index is 6.00. The van der Waals surface area contributed by atoms with Gasteiger partial charge in [0.1, 0.15) is 6.10 Å². The second-order valence-corrected chi connectivity index (χ2v) is 5.39. The fourth-order valence-electron chi connectivity index (χ4n) is 2.79. The van der Waals surface area contributed by atoms with E-state index in [1.54, 1.807) is 0 Å². The number of para-hydroxylation sites is 1. The number of nitrogens with one attached hydrogen (secondary N) is 1. The Balaban J connectivity index is 1.50. The molecule has 1 spiro atoms. The Morgan fingerprint density at radius 3 is 2.80 bits per heavy atom. The number of anilines is 1. The second kappa shape index (κ2) is 5.81. The third kappa shape index (κ3) is 3.11. The van der Waals surface area contributed by atoms with E-state index < -0.39 is 0 Å². The maximum Gasteiger partial charge on any atom is 0.193 e. The van der Waals surface area contributed by atoms with Gasteiger partial charge in [-0.2, -0.15) is 0 Å². The van der Waals surface area contributed by atoms with Crippen LogP contribution in [0.2, 0.25) is 0 Å². The Kier molecular flexibility index (Phi) is 3.89. The fourth-order valence-corrected chi connectivity index (χ4v) is 2.79. The molecule has 1 aliphatic carbocycles. The van der Waals surface area contributed by atoms with Crippen LogP contribution in [0.1, 0.15) is 25.7 Å². The van der Waals surface area contributed by atoms with Crippen molar-refractivity contribution in [2.45, 2.75) is 37.6 Å². The summed E-state index contributed by atoms with van der Waals surface area (Å²) in [5.74, 6) is 0.0918. The first-order valence-electron chi connectivity index (χ1n) is 7.20. The van der Waals surface area contributed by atoms with Gasteiger partial charge in [0, 0.05) is 18.5 Å². The van der Waals surface area contributed by atoms with Gasteiger partial charge in [0.15, 0.2) is 11.7 Å². The van der Waals surface area contributed by atoms with Gasteiger partial charge in [-0.1, -0.05) is 18.2 Å². The largest absolute Gasteiger partial charge is 0.370 e. The third-order valence-corrected chi connectivity index (χ3v) is 3.79. The number of rotatable bonds is 3. The first kappa shape index (κ1) is 13.4. The maximum absolute atomic E-state index is 6.00. The number of aliphatic imine (C=N–C) groups is 1. The summed E-state index contributed by atoms with van der Waals surface area (Å²) in [4.78, 5) is 4.33. The topological polar surface area (TPSA) is 68.9 Å². The number of ether oxygens (including phenoxy) is 2. The highest BCUT2D eigenvalue weighted by Gasteiger charge is 2.43. The van der Waals surface area contributed by atoms with E-state index in [0.29, 0.717) is 19.1 Å². The predicted octanol–water partition coefficient (Wildman–Crippen LogP) is 2.10. The molecule has 3 rings (SSSR count). The quantitative estimate of drug-likeness (QED) is 0.655. The molecule has 1 unspecified atom stereocenters. The standard InChI is InChI=1S/C15H21N3O2/c16-14(18-12-6-2-1-3-7-12)17-10-13-11-19-15(20-13)8-4-5-9-15/h1-3,6-7,13H,4-5,8-11H2,(H3,16,17,18). The summed E-state index contributed by atoms with van der Waals surface area (Å²) < 4.78 is 11.8. The molecular formula is C15H21N3O2. The molecule has 1 aliphatic heterocycles. The van der Waals surface area contributed by atoms with E-state index in [4.69, 9.17) is 15.2 Å². The lowest BCUT2D eigenvalue weighted by Gasteiger charge is -2.21. The van der Waals surface area contributed by atoms with E-state index in [-0.39, 0.29) is 11.9 Å². The van der Waals surface area contributed by atoms with Gasteiger partial charge in [-0.3, -0.25) is 4.99 Å². The lowest BCUT2D eigenvalue weighted by Crippen LogP contribution is -2.28. The first-order valence-corrected chi connectivity index (χ1v) is 7.20. The molecule has 1 aromatic carbocycles. The summed E-state index contributed by atoms with van der Waals surface area (Å²) >= 11 is 0. The highest BCUT2D eigenvalue weighted by molar-refractivity contribution is 5.92. The van der Waals surface area contributed by atoms with Crippen molar-refractivity contribution in [1.29, 1.82) is 0 Å². The van der Waals surface area contributed by atoms with Gasteiger partial charge in [0.05, 0.1) is 13.2 Å². The highest BCUT2D eigenvalue weighted by Crippen LogP contribution is 2.39. The Labute approximate surface area is 119 Å². The van der Waals surface area contributed by atoms with Crippen LogP contribution in [-0.4, -0.2) is 31.0 Å². The molecule has 1 saturated heterocycles. The molecule has 3 N–H and O–H groups in total. The molecular weight excluding hydrogens is 254 g/mol. The highest BCUT2D eigenvalue weighted by atomic mass is 16.7. The van der Waals surface area contributed by atoms with Crippen molar-refractivity contribution in [3.63, 3.8) is 0 Å². The van der Waals surface area contributed by atoms with Crippen LogP contribution >= 0.6 is 0 Å². The molecule has 0 bridgehead atoms. The minimum absolute atomic E-state index is 0.0178. The lowest BCUT2D eigenvalue weighted by molar-refractivity contribution is -0.160. The number of benzene rings is 1. The zero-order chi connectivity index (χ0) is 13.8. The Hall–Kier alpha value is -1.59. The number of hydrogen-bond acceptors (Lipinski definition) is 3. The van der Waals surface area contributed by atoms with Gasteiger partial charge in [-0.25, -0.2) is 0 Å². The van der Waals surface area contributed by atoms with Crippen LogP contribution < -0.4 is 11.1 Å². The van der Waals surface area contributed by atoms with Crippen LogP contribution in [0.3, 0.4) is 0 Å². The zero-order valence-electron chi connectivity index (χ0n) is 11.5. The summed E-state index contributed by atoms with van der Waals surface area (Å²) in [5.41, 5.74) is 6.81. The Bertz CT molecular complexity index is 469. The number of nitrogens with two attached hydrogens (primary N) is 1. The third-order valence-electron chi connectivity index (χ3n) is 3.79. The van der Waals surface area contributed by atoms with Crippen molar-refractivity contribution in [1.82, 2.24) is 0 Å². The summed E-state index contributed by atoms with van der Waals surface area (Å²) in [6, 6.07) is 9.76. The second-order valence-electron chi connectivity index (χ2n) is 5.39. The van der Waals surface area contributed by atoms with Crippen LogP contribution in [-0.2, 0) is 9.47 Å². The van der Waals surface area contributed by atoms with Gasteiger partial charge in [-0.15, -0.1) is 0 Å². The minimum atomic E-state index is -0.318. The predicted molar refractivity (Wildman–Crippen MR) is 78.6 cm³/mol. The molecule has 1 aromatic rings. The molecule has 108 valence electrons. The monoisotopic (exact) mass is 275 g/mol. The molecule has 1 saturated carbocycles. The van der Waals surface area contributed by atoms with Gasteiger partial charge in [-0.05, 0) is 25.0 Å². The van der Waals surface area contributed by atoms with E-state index in [2.05, 4.69) is 10.3 Å². The van der Waals surface area contributed by atoms with Gasteiger partial charge >= 0.3 is 0 Å². The molecule has 0 radical (unpaired) electrons. The Morgan fingerprint density at radius 1 is 1.30 bits per heavy atom. The van der Waals surface area contributed by atoms with Gasteiger partial charge in [0.2, 0.25) is 0 Å². The van der Waals surface area contributed by atoms with Crippen molar-refractivity contribution >= 4 is 11.6 Å². The Morgan fingerprint density at radius 2 is 2.05 bits per heavy atom. The molecule has 0 aromatic heterocycles.